The molecule has 0 bridgehead atoms. The lowest BCUT2D eigenvalue weighted by Gasteiger charge is -2.14. The van der Waals surface area contributed by atoms with E-state index in [0.717, 1.165) is 28.7 Å². The highest BCUT2D eigenvalue weighted by Crippen LogP contribution is 2.34. The van der Waals surface area contributed by atoms with Gasteiger partial charge in [0, 0.05) is 35.8 Å². The van der Waals surface area contributed by atoms with Gasteiger partial charge in [-0.3, -0.25) is 4.79 Å². The fourth-order valence-corrected chi connectivity index (χ4v) is 4.83. The van der Waals surface area contributed by atoms with E-state index >= 15 is 0 Å². The van der Waals surface area contributed by atoms with Gasteiger partial charge in [-0.15, -0.1) is 35.5 Å². The van der Waals surface area contributed by atoms with Crippen LogP contribution in [0.2, 0.25) is 0 Å². The summed E-state index contributed by atoms with van der Waals surface area (Å²) in [6, 6.07) is 12.1. The number of carbonyl (C=O) groups is 1. The van der Waals surface area contributed by atoms with Crippen LogP contribution in [-0.4, -0.2) is 29.9 Å². The van der Waals surface area contributed by atoms with Crippen LogP contribution in [0.1, 0.15) is 22.5 Å². The monoisotopic (exact) mass is 394 g/mol. The van der Waals surface area contributed by atoms with Gasteiger partial charge in [0.15, 0.2) is 5.76 Å². The first-order valence-electron chi connectivity index (χ1n) is 7.94. The number of rotatable bonds is 4. The number of halogens is 1. The number of thiophene rings is 1. The van der Waals surface area contributed by atoms with Gasteiger partial charge < -0.3 is 15.1 Å². The Kier molecular flexibility index (Phi) is 5.74. The Labute approximate surface area is 160 Å². The SMILES string of the molecule is Cl.N[C@@H]1CCN(C(=O)c2oc3ccccc3c2CSc2cccs2)C1. The van der Waals surface area contributed by atoms with Gasteiger partial charge in [0.25, 0.3) is 5.91 Å². The van der Waals surface area contributed by atoms with E-state index in [1.54, 1.807) is 23.1 Å². The van der Waals surface area contributed by atoms with Gasteiger partial charge in [0.1, 0.15) is 5.58 Å². The Morgan fingerprint density at radius 2 is 2.16 bits per heavy atom. The second kappa shape index (κ2) is 7.83. The minimum atomic E-state index is -0.0408. The summed E-state index contributed by atoms with van der Waals surface area (Å²) in [6.07, 6.45) is 0.852. The van der Waals surface area contributed by atoms with Crippen LogP contribution in [0, 0.1) is 0 Å². The molecule has 2 aromatic heterocycles. The molecule has 0 aliphatic carbocycles. The van der Waals surface area contributed by atoms with Crippen molar-refractivity contribution in [3.63, 3.8) is 0 Å². The maximum Gasteiger partial charge on any atom is 0.289 e. The summed E-state index contributed by atoms with van der Waals surface area (Å²) in [6.45, 7) is 1.31. The molecule has 3 heterocycles. The summed E-state index contributed by atoms with van der Waals surface area (Å²) in [7, 11) is 0. The van der Waals surface area contributed by atoms with E-state index in [0.29, 0.717) is 18.8 Å². The van der Waals surface area contributed by atoms with Crippen molar-refractivity contribution in [1.29, 1.82) is 0 Å². The van der Waals surface area contributed by atoms with Gasteiger partial charge in [-0.1, -0.05) is 24.3 Å². The van der Waals surface area contributed by atoms with Crippen LogP contribution in [0.3, 0.4) is 0 Å². The summed E-state index contributed by atoms with van der Waals surface area (Å²) >= 11 is 3.45. The zero-order chi connectivity index (χ0) is 16.5. The molecular weight excluding hydrogens is 376 g/mol. The molecule has 0 spiro atoms. The highest BCUT2D eigenvalue weighted by Gasteiger charge is 2.29. The van der Waals surface area contributed by atoms with Gasteiger partial charge in [0.05, 0.1) is 4.21 Å². The highest BCUT2D eigenvalue weighted by atomic mass is 35.5. The van der Waals surface area contributed by atoms with Crippen molar-refractivity contribution in [3.05, 3.63) is 53.1 Å². The maximum absolute atomic E-state index is 12.9. The average Bonchev–Trinajstić information content (AvgIpc) is 3.31. The number of hydrogen-bond donors (Lipinski definition) is 1. The topological polar surface area (TPSA) is 59.5 Å². The summed E-state index contributed by atoms with van der Waals surface area (Å²) in [5, 5.41) is 3.08. The first-order chi connectivity index (χ1) is 11.7. The van der Waals surface area contributed by atoms with Gasteiger partial charge in [-0.2, -0.15) is 0 Å². The van der Waals surface area contributed by atoms with E-state index in [1.807, 2.05) is 35.2 Å². The van der Waals surface area contributed by atoms with Crippen LogP contribution in [0.15, 0.2) is 50.4 Å². The number of likely N-dealkylation sites (tertiary alicyclic amines) is 1. The van der Waals surface area contributed by atoms with Crippen LogP contribution < -0.4 is 5.73 Å². The largest absolute Gasteiger partial charge is 0.451 e. The van der Waals surface area contributed by atoms with Crippen LogP contribution >= 0.6 is 35.5 Å². The smallest absolute Gasteiger partial charge is 0.289 e. The lowest BCUT2D eigenvalue weighted by atomic mass is 10.1. The van der Waals surface area contributed by atoms with Gasteiger partial charge in [-0.25, -0.2) is 0 Å². The first kappa shape index (κ1) is 18.3. The van der Waals surface area contributed by atoms with Crippen molar-refractivity contribution in [1.82, 2.24) is 4.90 Å². The third-order valence-corrected chi connectivity index (χ3v) is 6.42. The quantitative estimate of drug-likeness (QED) is 0.667. The second-order valence-electron chi connectivity index (χ2n) is 5.93. The summed E-state index contributed by atoms with van der Waals surface area (Å²) in [5.41, 5.74) is 7.70. The zero-order valence-corrected chi connectivity index (χ0v) is 16.0. The van der Waals surface area contributed by atoms with E-state index in [2.05, 4.69) is 11.4 Å². The van der Waals surface area contributed by atoms with Crippen molar-refractivity contribution in [2.75, 3.05) is 13.1 Å². The first-order valence-corrected chi connectivity index (χ1v) is 9.80. The minimum Gasteiger partial charge on any atom is -0.451 e. The minimum absolute atomic E-state index is 0. The number of nitrogens with two attached hydrogens (primary N) is 1. The molecule has 1 amide bonds. The standard InChI is InChI=1S/C18H18N2O2S2.ClH/c19-12-7-8-20(10-12)18(21)17-14(11-24-16-6-3-9-23-16)13-4-1-2-5-15(13)22-17;/h1-6,9,12H,7-8,10-11,19H2;1H/t12-;/m1./s1. The maximum atomic E-state index is 12.9. The molecule has 7 heteroatoms. The Morgan fingerprint density at radius 3 is 2.88 bits per heavy atom. The molecule has 4 rings (SSSR count). The Bertz CT molecular complexity index is 863. The number of nitrogens with zero attached hydrogens (tertiary/aromatic N) is 1. The van der Waals surface area contributed by atoms with Crippen molar-refractivity contribution in [2.24, 2.45) is 5.73 Å². The third kappa shape index (κ3) is 3.72. The van der Waals surface area contributed by atoms with E-state index in [1.165, 1.54) is 4.21 Å². The summed E-state index contributed by atoms with van der Waals surface area (Å²) in [4.78, 5) is 14.7. The number of para-hydroxylation sites is 1. The molecule has 1 fully saturated rings. The van der Waals surface area contributed by atoms with Crippen LogP contribution in [0.4, 0.5) is 0 Å². The fraction of sp³-hybridized carbons (Fsp3) is 0.278. The molecule has 2 N–H and O–H groups in total. The molecule has 1 aliphatic heterocycles. The van der Waals surface area contributed by atoms with Crippen molar-refractivity contribution >= 4 is 52.4 Å². The van der Waals surface area contributed by atoms with E-state index in [9.17, 15) is 4.79 Å². The van der Waals surface area contributed by atoms with Crippen molar-refractivity contribution in [3.8, 4) is 0 Å². The molecule has 1 aliphatic rings. The zero-order valence-electron chi connectivity index (χ0n) is 13.5. The van der Waals surface area contributed by atoms with Gasteiger partial charge >= 0.3 is 0 Å². The normalized spacial score (nSPS) is 17.0. The molecule has 132 valence electrons. The van der Waals surface area contributed by atoms with Crippen LogP contribution in [-0.2, 0) is 5.75 Å². The molecular formula is C18H19ClN2O2S2. The predicted molar refractivity (Wildman–Crippen MR) is 106 cm³/mol. The number of hydrogen-bond acceptors (Lipinski definition) is 5. The molecule has 0 saturated carbocycles. The predicted octanol–water partition coefficient (Wildman–Crippen LogP) is 4.38. The molecule has 4 nitrogen and oxygen atoms in total. The summed E-state index contributed by atoms with van der Waals surface area (Å²) < 4.78 is 7.17. The van der Waals surface area contributed by atoms with Crippen LogP contribution in [0.5, 0.6) is 0 Å². The molecule has 25 heavy (non-hydrogen) atoms. The number of fused-ring (bicyclic) bond motifs is 1. The average molecular weight is 395 g/mol. The van der Waals surface area contributed by atoms with E-state index < -0.39 is 0 Å². The van der Waals surface area contributed by atoms with Crippen molar-refractivity contribution < 1.29 is 9.21 Å². The molecule has 3 aromatic rings. The number of furan rings is 1. The van der Waals surface area contributed by atoms with E-state index in [4.69, 9.17) is 10.2 Å². The van der Waals surface area contributed by atoms with Gasteiger partial charge in [0.2, 0.25) is 0 Å². The molecule has 1 saturated heterocycles. The van der Waals surface area contributed by atoms with Crippen molar-refractivity contribution in [2.45, 2.75) is 22.4 Å². The lowest BCUT2D eigenvalue weighted by Crippen LogP contribution is -2.32. The molecule has 1 atom stereocenters. The second-order valence-corrected chi connectivity index (χ2v) is 8.15. The van der Waals surface area contributed by atoms with Gasteiger partial charge in [-0.05, 0) is 23.9 Å². The Morgan fingerprint density at radius 1 is 1.32 bits per heavy atom. The molecule has 0 radical (unpaired) electrons. The molecule has 1 aromatic carbocycles. The Hall–Kier alpha value is -1.47. The number of benzene rings is 1. The fourth-order valence-electron chi connectivity index (χ4n) is 3.02. The number of carbonyl (C=O) groups excluding carboxylic acids is 1. The van der Waals surface area contributed by atoms with E-state index in [-0.39, 0.29) is 24.4 Å². The third-order valence-electron chi connectivity index (χ3n) is 4.26. The lowest BCUT2D eigenvalue weighted by molar-refractivity contribution is 0.0760. The number of amides is 1. The molecule has 0 unspecified atom stereocenters. The number of thioether (sulfide) groups is 1. The Balaban J connectivity index is 0.00000182. The highest BCUT2D eigenvalue weighted by molar-refractivity contribution is 8.00. The summed E-state index contributed by atoms with van der Waals surface area (Å²) in [5.74, 6) is 1.15. The van der Waals surface area contributed by atoms with Crippen LogP contribution in [0.25, 0.3) is 11.0 Å².